The summed E-state index contributed by atoms with van der Waals surface area (Å²) in [5.74, 6) is -0.980. The van der Waals surface area contributed by atoms with Crippen LogP contribution in [0.3, 0.4) is 0 Å². The number of imide groups is 1. The smallest absolute Gasteiger partial charge is 0.259 e. The second-order valence-corrected chi connectivity index (χ2v) is 3.65. The molecule has 0 atom stereocenters. The van der Waals surface area contributed by atoms with E-state index >= 15 is 0 Å². The Hall–Kier alpha value is -2.69. The Kier molecular flexibility index (Phi) is 3.33. The Labute approximate surface area is 104 Å². The number of nitrogen functional groups attached to an aromatic ring is 1. The van der Waals surface area contributed by atoms with Crippen LogP contribution in [0.5, 0.6) is 0 Å². The SMILES string of the molecule is Nc1cccc(C(=O)NC(=O)c2cccnc2)c1. The number of nitrogens with one attached hydrogen (secondary N) is 1. The van der Waals surface area contributed by atoms with E-state index in [4.69, 9.17) is 5.73 Å². The zero-order valence-electron chi connectivity index (χ0n) is 9.46. The van der Waals surface area contributed by atoms with Gasteiger partial charge in [-0.3, -0.25) is 19.9 Å². The van der Waals surface area contributed by atoms with E-state index in [-0.39, 0.29) is 0 Å². The summed E-state index contributed by atoms with van der Waals surface area (Å²) in [7, 11) is 0. The number of nitrogens with two attached hydrogens (primary N) is 1. The highest BCUT2D eigenvalue weighted by atomic mass is 16.2. The van der Waals surface area contributed by atoms with Crippen molar-refractivity contribution in [2.45, 2.75) is 0 Å². The fraction of sp³-hybridized carbons (Fsp3) is 0. The summed E-state index contributed by atoms with van der Waals surface area (Å²) in [5, 5.41) is 2.27. The van der Waals surface area contributed by atoms with Crippen molar-refractivity contribution in [2.75, 3.05) is 5.73 Å². The molecule has 0 aliphatic heterocycles. The summed E-state index contributed by atoms with van der Waals surface area (Å²) < 4.78 is 0. The van der Waals surface area contributed by atoms with Crippen LogP contribution in [0.1, 0.15) is 20.7 Å². The van der Waals surface area contributed by atoms with Gasteiger partial charge in [-0.15, -0.1) is 0 Å². The van der Waals surface area contributed by atoms with Gasteiger partial charge in [0.1, 0.15) is 0 Å². The summed E-state index contributed by atoms with van der Waals surface area (Å²) in [6.07, 6.45) is 2.94. The Morgan fingerprint density at radius 1 is 1.06 bits per heavy atom. The maximum atomic E-state index is 11.8. The first kappa shape index (κ1) is 11.8. The third-order valence-electron chi connectivity index (χ3n) is 2.30. The third-order valence-corrected chi connectivity index (χ3v) is 2.30. The minimum Gasteiger partial charge on any atom is -0.399 e. The van der Waals surface area contributed by atoms with Crippen molar-refractivity contribution < 1.29 is 9.59 Å². The first-order valence-electron chi connectivity index (χ1n) is 5.28. The van der Waals surface area contributed by atoms with Crippen molar-refractivity contribution in [3.05, 3.63) is 59.9 Å². The molecule has 2 aromatic rings. The summed E-state index contributed by atoms with van der Waals surface area (Å²) in [5.41, 5.74) is 6.70. The van der Waals surface area contributed by atoms with Gasteiger partial charge in [-0.25, -0.2) is 0 Å². The largest absolute Gasteiger partial charge is 0.399 e. The number of anilines is 1. The molecule has 90 valence electrons. The Morgan fingerprint density at radius 2 is 1.78 bits per heavy atom. The molecule has 2 amide bonds. The fourth-order valence-corrected chi connectivity index (χ4v) is 1.42. The van der Waals surface area contributed by atoms with Crippen molar-refractivity contribution in [3.8, 4) is 0 Å². The number of hydrogen-bond acceptors (Lipinski definition) is 4. The number of aromatic nitrogens is 1. The molecule has 0 saturated heterocycles. The quantitative estimate of drug-likeness (QED) is 0.611. The van der Waals surface area contributed by atoms with Crippen LogP contribution in [-0.2, 0) is 0 Å². The maximum absolute atomic E-state index is 11.8. The van der Waals surface area contributed by atoms with Gasteiger partial charge in [0, 0.05) is 23.6 Å². The van der Waals surface area contributed by atoms with Crippen molar-refractivity contribution in [3.63, 3.8) is 0 Å². The van der Waals surface area contributed by atoms with Crippen LogP contribution in [-0.4, -0.2) is 16.8 Å². The number of pyridine rings is 1. The number of nitrogens with zero attached hydrogens (tertiary/aromatic N) is 1. The average molecular weight is 241 g/mol. The van der Waals surface area contributed by atoms with Gasteiger partial charge in [0.2, 0.25) is 0 Å². The fourth-order valence-electron chi connectivity index (χ4n) is 1.42. The lowest BCUT2D eigenvalue weighted by molar-refractivity contribution is 0.0849. The first-order chi connectivity index (χ1) is 8.66. The second-order valence-electron chi connectivity index (χ2n) is 3.65. The van der Waals surface area contributed by atoms with Gasteiger partial charge in [-0.05, 0) is 30.3 Å². The van der Waals surface area contributed by atoms with Crippen LogP contribution >= 0.6 is 0 Å². The molecular weight excluding hydrogens is 230 g/mol. The summed E-state index contributed by atoms with van der Waals surface area (Å²) in [4.78, 5) is 27.3. The Bertz CT molecular complexity index is 582. The summed E-state index contributed by atoms with van der Waals surface area (Å²) in [6.45, 7) is 0. The van der Waals surface area contributed by atoms with Crippen molar-refractivity contribution in [1.82, 2.24) is 10.3 Å². The van der Waals surface area contributed by atoms with Crippen molar-refractivity contribution >= 4 is 17.5 Å². The molecule has 0 spiro atoms. The number of amides is 2. The molecule has 2 rings (SSSR count). The standard InChI is InChI=1S/C13H11N3O2/c14-11-5-1-3-9(7-11)12(17)16-13(18)10-4-2-6-15-8-10/h1-8H,14H2,(H,16,17,18). The molecule has 3 N–H and O–H groups in total. The normalized spacial score (nSPS) is 9.78. The van der Waals surface area contributed by atoms with Crippen molar-refractivity contribution in [2.24, 2.45) is 0 Å². The zero-order valence-corrected chi connectivity index (χ0v) is 9.46. The van der Waals surface area contributed by atoms with Gasteiger partial charge in [0.05, 0.1) is 5.56 Å². The molecule has 5 nitrogen and oxygen atoms in total. The highest BCUT2D eigenvalue weighted by molar-refractivity contribution is 6.10. The highest BCUT2D eigenvalue weighted by Crippen LogP contribution is 2.06. The molecule has 0 aliphatic rings. The molecule has 1 aromatic carbocycles. The van der Waals surface area contributed by atoms with Gasteiger partial charge >= 0.3 is 0 Å². The lowest BCUT2D eigenvalue weighted by Gasteiger charge is -2.04. The molecular formula is C13H11N3O2. The molecule has 18 heavy (non-hydrogen) atoms. The summed E-state index contributed by atoms with van der Waals surface area (Å²) >= 11 is 0. The van der Waals surface area contributed by atoms with Crippen LogP contribution in [0, 0.1) is 0 Å². The molecule has 0 fully saturated rings. The number of benzene rings is 1. The molecule has 0 bridgehead atoms. The van der Waals surface area contributed by atoms with E-state index in [9.17, 15) is 9.59 Å². The lowest BCUT2D eigenvalue weighted by atomic mass is 10.2. The van der Waals surface area contributed by atoms with Gasteiger partial charge < -0.3 is 5.73 Å². The van der Waals surface area contributed by atoms with Gasteiger partial charge in [0.25, 0.3) is 11.8 Å². The molecule has 5 heteroatoms. The Balaban J connectivity index is 2.11. The molecule has 0 radical (unpaired) electrons. The maximum Gasteiger partial charge on any atom is 0.259 e. The van der Waals surface area contributed by atoms with Crippen LogP contribution < -0.4 is 11.1 Å². The topological polar surface area (TPSA) is 85.1 Å². The first-order valence-corrected chi connectivity index (χ1v) is 5.28. The van der Waals surface area contributed by atoms with E-state index < -0.39 is 11.8 Å². The number of rotatable bonds is 2. The minimum absolute atomic E-state index is 0.328. The third kappa shape index (κ3) is 2.70. The molecule has 0 saturated carbocycles. The highest BCUT2D eigenvalue weighted by Gasteiger charge is 2.11. The lowest BCUT2D eigenvalue weighted by Crippen LogP contribution is -2.30. The molecule has 0 aliphatic carbocycles. The van der Waals surface area contributed by atoms with E-state index in [2.05, 4.69) is 10.3 Å². The number of carbonyl (C=O) groups excluding carboxylic acids is 2. The Morgan fingerprint density at radius 3 is 2.44 bits per heavy atom. The van der Waals surface area contributed by atoms with Crippen LogP contribution in [0.2, 0.25) is 0 Å². The van der Waals surface area contributed by atoms with E-state index in [1.54, 1.807) is 36.5 Å². The monoisotopic (exact) mass is 241 g/mol. The van der Waals surface area contributed by atoms with Crippen LogP contribution in [0.25, 0.3) is 0 Å². The van der Waals surface area contributed by atoms with Crippen molar-refractivity contribution in [1.29, 1.82) is 0 Å². The number of carbonyl (C=O) groups is 2. The zero-order chi connectivity index (χ0) is 13.0. The summed E-state index contributed by atoms with van der Waals surface area (Å²) in [6, 6.07) is 9.61. The second kappa shape index (κ2) is 5.09. The molecule has 1 aromatic heterocycles. The molecule has 0 unspecified atom stereocenters. The van der Waals surface area contributed by atoms with E-state index in [1.165, 1.54) is 12.3 Å². The molecule has 1 heterocycles. The van der Waals surface area contributed by atoms with Gasteiger partial charge in [-0.2, -0.15) is 0 Å². The number of hydrogen-bond donors (Lipinski definition) is 2. The van der Waals surface area contributed by atoms with Crippen LogP contribution in [0.4, 0.5) is 5.69 Å². The van der Waals surface area contributed by atoms with E-state index in [1.807, 2.05) is 0 Å². The minimum atomic E-state index is -0.490. The predicted molar refractivity (Wildman–Crippen MR) is 66.9 cm³/mol. The van der Waals surface area contributed by atoms with Gasteiger partial charge in [0.15, 0.2) is 0 Å². The average Bonchev–Trinajstić information content (AvgIpc) is 2.39. The predicted octanol–water partition coefficient (Wildman–Crippen LogP) is 1.23. The van der Waals surface area contributed by atoms with Crippen LogP contribution in [0.15, 0.2) is 48.8 Å². The van der Waals surface area contributed by atoms with E-state index in [0.29, 0.717) is 16.8 Å². The van der Waals surface area contributed by atoms with Gasteiger partial charge in [-0.1, -0.05) is 6.07 Å². The van der Waals surface area contributed by atoms with E-state index in [0.717, 1.165) is 0 Å².